The number of hydrogen-bond acceptors (Lipinski definition) is 3. The Morgan fingerprint density at radius 1 is 1.00 bits per heavy atom. The van der Waals surface area contributed by atoms with E-state index in [-0.39, 0.29) is 5.91 Å². The number of nitrogen functional groups attached to an aromatic ring is 1. The van der Waals surface area contributed by atoms with E-state index in [0.717, 1.165) is 25.2 Å². The zero-order valence-electron chi connectivity index (χ0n) is 14.6. The summed E-state index contributed by atoms with van der Waals surface area (Å²) in [5.74, 6) is 0.0254. The second kappa shape index (κ2) is 9.08. The molecule has 0 spiro atoms. The van der Waals surface area contributed by atoms with Gasteiger partial charge in [-0.15, -0.1) is 0 Å². The Labute approximate surface area is 144 Å². The van der Waals surface area contributed by atoms with Gasteiger partial charge in [0.05, 0.1) is 6.42 Å². The van der Waals surface area contributed by atoms with Crippen molar-refractivity contribution in [1.82, 2.24) is 10.2 Å². The fourth-order valence-corrected chi connectivity index (χ4v) is 2.65. The number of nitrogens with one attached hydrogen (secondary N) is 1. The number of amides is 1. The van der Waals surface area contributed by atoms with Gasteiger partial charge in [0.15, 0.2) is 0 Å². The average molecular weight is 325 g/mol. The quantitative estimate of drug-likeness (QED) is 0.734. The van der Waals surface area contributed by atoms with Crippen LogP contribution in [0.5, 0.6) is 0 Å². The molecule has 2 aromatic rings. The van der Waals surface area contributed by atoms with Crippen LogP contribution in [0.2, 0.25) is 0 Å². The lowest BCUT2D eigenvalue weighted by atomic mass is 10.1. The first-order chi connectivity index (χ1) is 11.6. The summed E-state index contributed by atoms with van der Waals surface area (Å²) >= 11 is 0. The molecule has 0 aliphatic rings. The van der Waals surface area contributed by atoms with Crippen LogP contribution >= 0.6 is 0 Å². The van der Waals surface area contributed by atoms with Crippen LogP contribution in [0.1, 0.15) is 30.5 Å². The topological polar surface area (TPSA) is 58.4 Å². The number of carbonyl (C=O) groups is 1. The van der Waals surface area contributed by atoms with E-state index in [9.17, 15) is 4.79 Å². The molecule has 0 atom stereocenters. The van der Waals surface area contributed by atoms with Crippen LogP contribution in [0, 0.1) is 0 Å². The minimum atomic E-state index is 0.0254. The number of hydrogen-bond donors (Lipinski definition) is 2. The van der Waals surface area contributed by atoms with Gasteiger partial charge in [0.25, 0.3) is 0 Å². The van der Waals surface area contributed by atoms with E-state index in [2.05, 4.69) is 42.3 Å². The molecule has 0 saturated heterocycles. The van der Waals surface area contributed by atoms with Crippen LogP contribution in [0.15, 0.2) is 48.5 Å². The van der Waals surface area contributed by atoms with Gasteiger partial charge >= 0.3 is 0 Å². The molecule has 4 nitrogen and oxygen atoms in total. The largest absolute Gasteiger partial charge is 0.399 e. The normalized spacial score (nSPS) is 10.8. The summed E-state index contributed by atoms with van der Waals surface area (Å²) in [5.41, 5.74) is 9.80. The van der Waals surface area contributed by atoms with Crippen molar-refractivity contribution in [1.29, 1.82) is 0 Å². The first kappa shape index (κ1) is 18.0. The number of carbonyl (C=O) groups excluding carboxylic acids is 1. The first-order valence-corrected chi connectivity index (χ1v) is 8.52. The molecular weight excluding hydrogens is 298 g/mol. The molecule has 0 bridgehead atoms. The highest BCUT2D eigenvalue weighted by Crippen LogP contribution is 2.12. The van der Waals surface area contributed by atoms with Crippen LogP contribution in [-0.2, 0) is 24.3 Å². The minimum Gasteiger partial charge on any atom is -0.399 e. The Kier molecular flexibility index (Phi) is 6.82. The summed E-state index contributed by atoms with van der Waals surface area (Å²) in [4.78, 5) is 14.5. The van der Waals surface area contributed by atoms with Crippen LogP contribution in [-0.4, -0.2) is 23.9 Å². The van der Waals surface area contributed by atoms with E-state index in [4.69, 9.17) is 5.73 Å². The van der Waals surface area contributed by atoms with Crippen LogP contribution in [0.25, 0.3) is 0 Å². The third-order valence-corrected chi connectivity index (χ3v) is 4.23. The van der Waals surface area contributed by atoms with Crippen LogP contribution in [0.4, 0.5) is 5.69 Å². The maximum Gasteiger partial charge on any atom is 0.224 e. The highest BCUT2D eigenvalue weighted by Gasteiger charge is 2.08. The molecular formula is C20H27N3O. The molecule has 0 saturated carbocycles. The fourth-order valence-electron chi connectivity index (χ4n) is 2.65. The van der Waals surface area contributed by atoms with Crippen molar-refractivity contribution < 1.29 is 4.79 Å². The van der Waals surface area contributed by atoms with E-state index in [1.165, 1.54) is 11.1 Å². The SMILES string of the molecule is CCN(CC)Cc1ccccc1CNC(=O)Cc1ccc(N)cc1. The fraction of sp³-hybridized carbons (Fsp3) is 0.350. The molecule has 0 fully saturated rings. The van der Waals surface area contributed by atoms with Crippen molar-refractivity contribution >= 4 is 11.6 Å². The summed E-state index contributed by atoms with van der Waals surface area (Å²) < 4.78 is 0. The van der Waals surface area contributed by atoms with Gasteiger partial charge in [0, 0.05) is 18.8 Å². The van der Waals surface area contributed by atoms with Gasteiger partial charge in [0.1, 0.15) is 0 Å². The minimum absolute atomic E-state index is 0.0254. The van der Waals surface area contributed by atoms with E-state index in [0.29, 0.717) is 18.7 Å². The molecule has 0 aliphatic carbocycles. The number of rotatable bonds is 8. The van der Waals surface area contributed by atoms with Crippen molar-refractivity contribution in [3.8, 4) is 0 Å². The molecule has 0 radical (unpaired) electrons. The summed E-state index contributed by atoms with van der Waals surface area (Å²) in [6, 6.07) is 15.7. The second-order valence-electron chi connectivity index (χ2n) is 5.93. The Morgan fingerprint density at radius 2 is 1.62 bits per heavy atom. The third-order valence-electron chi connectivity index (χ3n) is 4.23. The Hall–Kier alpha value is -2.33. The van der Waals surface area contributed by atoms with Gasteiger partial charge in [-0.05, 0) is 41.9 Å². The lowest BCUT2D eigenvalue weighted by Crippen LogP contribution is -2.27. The van der Waals surface area contributed by atoms with Gasteiger partial charge in [-0.2, -0.15) is 0 Å². The smallest absolute Gasteiger partial charge is 0.224 e. The maximum atomic E-state index is 12.2. The Bertz CT molecular complexity index is 648. The average Bonchev–Trinajstić information content (AvgIpc) is 2.60. The molecule has 2 rings (SSSR count). The van der Waals surface area contributed by atoms with E-state index in [1.54, 1.807) is 0 Å². The van der Waals surface area contributed by atoms with Gasteiger partial charge in [-0.3, -0.25) is 9.69 Å². The van der Waals surface area contributed by atoms with E-state index in [1.807, 2.05) is 30.3 Å². The molecule has 0 unspecified atom stereocenters. The van der Waals surface area contributed by atoms with Crippen molar-refractivity contribution in [3.05, 3.63) is 65.2 Å². The molecule has 0 heterocycles. The summed E-state index contributed by atoms with van der Waals surface area (Å²) in [6.45, 7) is 7.85. The maximum absolute atomic E-state index is 12.2. The number of benzene rings is 2. The molecule has 2 aromatic carbocycles. The van der Waals surface area contributed by atoms with Gasteiger partial charge in [0.2, 0.25) is 5.91 Å². The van der Waals surface area contributed by atoms with Crippen LogP contribution < -0.4 is 11.1 Å². The zero-order valence-corrected chi connectivity index (χ0v) is 14.6. The van der Waals surface area contributed by atoms with E-state index >= 15 is 0 Å². The number of nitrogens with zero attached hydrogens (tertiary/aromatic N) is 1. The number of anilines is 1. The predicted molar refractivity (Wildman–Crippen MR) is 99.5 cm³/mol. The number of nitrogens with two attached hydrogens (primary N) is 1. The van der Waals surface area contributed by atoms with Crippen molar-refractivity contribution in [3.63, 3.8) is 0 Å². The standard InChI is InChI=1S/C20H27N3O/c1-3-23(4-2)15-18-8-6-5-7-17(18)14-22-20(24)13-16-9-11-19(21)12-10-16/h5-12H,3-4,13-15,21H2,1-2H3,(H,22,24). The molecule has 3 N–H and O–H groups in total. The second-order valence-corrected chi connectivity index (χ2v) is 5.93. The third kappa shape index (κ3) is 5.39. The molecule has 1 amide bonds. The highest BCUT2D eigenvalue weighted by molar-refractivity contribution is 5.78. The molecule has 4 heteroatoms. The Morgan fingerprint density at radius 3 is 2.25 bits per heavy atom. The van der Waals surface area contributed by atoms with E-state index < -0.39 is 0 Å². The molecule has 128 valence electrons. The summed E-state index contributed by atoms with van der Waals surface area (Å²) in [7, 11) is 0. The van der Waals surface area contributed by atoms with Crippen LogP contribution in [0.3, 0.4) is 0 Å². The van der Waals surface area contributed by atoms with Crippen molar-refractivity contribution in [2.75, 3.05) is 18.8 Å². The van der Waals surface area contributed by atoms with Gasteiger partial charge in [-0.1, -0.05) is 50.2 Å². The first-order valence-electron chi connectivity index (χ1n) is 8.52. The lowest BCUT2D eigenvalue weighted by Gasteiger charge is -2.20. The molecule has 0 aromatic heterocycles. The highest BCUT2D eigenvalue weighted by atomic mass is 16.1. The van der Waals surface area contributed by atoms with Gasteiger partial charge in [-0.25, -0.2) is 0 Å². The summed E-state index contributed by atoms with van der Waals surface area (Å²) in [5, 5.41) is 3.02. The zero-order chi connectivity index (χ0) is 17.4. The van der Waals surface area contributed by atoms with Crippen molar-refractivity contribution in [2.45, 2.75) is 33.4 Å². The lowest BCUT2D eigenvalue weighted by molar-refractivity contribution is -0.120. The Balaban J connectivity index is 1.93. The van der Waals surface area contributed by atoms with Crippen molar-refractivity contribution in [2.24, 2.45) is 0 Å². The predicted octanol–water partition coefficient (Wildman–Crippen LogP) is 2.97. The molecule has 0 aliphatic heterocycles. The monoisotopic (exact) mass is 325 g/mol. The van der Waals surface area contributed by atoms with Gasteiger partial charge < -0.3 is 11.1 Å². The summed E-state index contributed by atoms with van der Waals surface area (Å²) in [6.07, 6.45) is 0.374. The molecule has 24 heavy (non-hydrogen) atoms.